The van der Waals surface area contributed by atoms with Gasteiger partial charge in [-0.05, 0) is 57.0 Å². The van der Waals surface area contributed by atoms with Crippen LogP contribution in [0.25, 0.3) is 0 Å². The Morgan fingerprint density at radius 1 is 1.00 bits per heavy atom. The summed E-state index contributed by atoms with van der Waals surface area (Å²) >= 11 is 0. The minimum Gasteiger partial charge on any atom is -0.384 e. The average Bonchev–Trinajstić information content (AvgIpc) is 2.12. The first-order valence-corrected chi connectivity index (χ1v) is 5.75. The molecule has 0 spiro atoms. The van der Waals surface area contributed by atoms with Crippen molar-refractivity contribution in [2.24, 2.45) is 0 Å². The Morgan fingerprint density at radius 3 is 2.06 bits per heavy atom. The molecule has 96 valence electrons. The first-order valence-electron chi connectivity index (χ1n) is 5.75. The third-order valence-corrected chi connectivity index (χ3v) is 2.24. The molecule has 2 heterocycles. The minimum absolute atomic E-state index is 0.0208. The van der Waals surface area contributed by atoms with Crippen molar-refractivity contribution in [3.8, 4) is 0 Å². The molecule has 2 aromatic rings. The number of hydrogen-bond donors (Lipinski definition) is 2. The highest BCUT2D eigenvalue weighted by Crippen LogP contribution is 2.03. The zero-order valence-corrected chi connectivity index (χ0v) is 11.2. The first kappa shape index (κ1) is 14.0. The number of aryl methyl sites for hydroxylation is 4. The number of aromatic amines is 1. The van der Waals surface area contributed by atoms with Gasteiger partial charge >= 0.3 is 0 Å². The molecule has 3 N–H and O–H groups in total. The Labute approximate surface area is 107 Å². The van der Waals surface area contributed by atoms with Gasteiger partial charge in [-0.1, -0.05) is 0 Å². The molecule has 0 saturated heterocycles. The second-order valence-corrected chi connectivity index (χ2v) is 4.42. The quantitative estimate of drug-likeness (QED) is 0.748. The summed E-state index contributed by atoms with van der Waals surface area (Å²) in [6.07, 6.45) is 0. The van der Waals surface area contributed by atoms with Crippen LogP contribution in [0.2, 0.25) is 0 Å². The SMILES string of the molecule is Cc1cc(C)[nH]c(=O)c1.Cc1cc(C)nc(N)c1. The van der Waals surface area contributed by atoms with E-state index in [0.29, 0.717) is 5.82 Å². The van der Waals surface area contributed by atoms with Gasteiger partial charge in [-0.3, -0.25) is 4.79 Å². The van der Waals surface area contributed by atoms with Gasteiger partial charge in [0.15, 0.2) is 0 Å². The van der Waals surface area contributed by atoms with E-state index in [-0.39, 0.29) is 5.56 Å². The topological polar surface area (TPSA) is 71.8 Å². The van der Waals surface area contributed by atoms with Crippen LogP contribution in [0, 0.1) is 27.7 Å². The summed E-state index contributed by atoms with van der Waals surface area (Å²) in [6.45, 7) is 7.71. The molecule has 4 nitrogen and oxygen atoms in total. The molecule has 0 aliphatic heterocycles. The molecule has 2 rings (SSSR count). The molecular weight excluding hydrogens is 226 g/mol. The van der Waals surface area contributed by atoms with Crippen LogP contribution in [0.1, 0.15) is 22.5 Å². The maximum Gasteiger partial charge on any atom is 0.248 e. The second-order valence-electron chi connectivity index (χ2n) is 4.42. The minimum atomic E-state index is -0.0208. The van der Waals surface area contributed by atoms with E-state index in [2.05, 4.69) is 9.97 Å². The number of anilines is 1. The van der Waals surface area contributed by atoms with E-state index < -0.39 is 0 Å². The van der Waals surface area contributed by atoms with Gasteiger partial charge in [-0.2, -0.15) is 0 Å². The first-order chi connectivity index (χ1) is 8.36. The number of aromatic nitrogens is 2. The number of pyridine rings is 2. The maximum absolute atomic E-state index is 10.7. The number of H-pyrrole nitrogens is 1. The molecule has 0 aromatic carbocycles. The Bertz CT molecular complexity index is 514. The zero-order valence-electron chi connectivity index (χ0n) is 11.2. The van der Waals surface area contributed by atoms with Gasteiger partial charge in [0.25, 0.3) is 0 Å². The van der Waals surface area contributed by atoms with Gasteiger partial charge in [0, 0.05) is 17.5 Å². The Balaban J connectivity index is 0.000000180. The highest BCUT2D eigenvalue weighted by molar-refractivity contribution is 5.33. The summed E-state index contributed by atoms with van der Waals surface area (Å²) in [5, 5.41) is 0. The van der Waals surface area contributed by atoms with E-state index >= 15 is 0 Å². The zero-order chi connectivity index (χ0) is 13.7. The molecular formula is C14H19N3O. The molecule has 18 heavy (non-hydrogen) atoms. The van der Waals surface area contributed by atoms with Crippen molar-refractivity contribution >= 4 is 5.82 Å². The predicted molar refractivity (Wildman–Crippen MR) is 74.7 cm³/mol. The van der Waals surface area contributed by atoms with E-state index in [9.17, 15) is 4.79 Å². The van der Waals surface area contributed by atoms with Gasteiger partial charge < -0.3 is 10.7 Å². The molecule has 0 radical (unpaired) electrons. The summed E-state index contributed by atoms with van der Waals surface area (Å²) in [5.74, 6) is 0.604. The number of nitrogen functional groups attached to an aromatic ring is 1. The predicted octanol–water partition coefficient (Wildman–Crippen LogP) is 2.27. The van der Waals surface area contributed by atoms with E-state index in [1.807, 2.05) is 45.9 Å². The molecule has 0 unspecified atom stereocenters. The number of nitrogens with two attached hydrogens (primary N) is 1. The van der Waals surface area contributed by atoms with Gasteiger partial charge in [0.1, 0.15) is 5.82 Å². The lowest BCUT2D eigenvalue weighted by molar-refractivity contribution is 1.12. The van der Waals surface area contributed by atoms with Crippen LogP contribution >= 0.6 is 0 Å². The van der Waals surface area contributed by atoms with Crippen molar-refractivity contribution in [3.63, 3.8) is 0 Å². The molecule has 0 aliphatic carbocycles. The van der Waals surface area contributed by atoms with Gasteiger partial charge in [-0.25, -0.2) is 4.98 Å². The summed E-state index contributed by atoms with van der Waals surface area (Å²) < 4.78 is 0. The van der Waals surface area contributed by atoms with Crippen molar-refractivity contribution in [2.75, 3.05) is 5.73 Å². The number of nitrogens with one attached hydrogen (secondary N) is 1. The largest absolute Gasteiger partial charge is 0.384 e. The van der Waals surface area contributed by atoms with E-state index in [1.54, 1.807) is 6.07 Å². The molecule has 0 atom stereocenters. The van der Waals surface area contributed by atoms with Crippen molar-refractivity contribution < 1.29 is 0 Å². The fourth-order valence-corrected chi connectivity index (χ4v) is 1.73. The standard InChI is InChI=1S/C7H10N2.C7H9NO/c1-5-3-6(2)9-7(8)4-5;1-5-3-6(2)8-7(9)4-5/h3-4H,1-2H3,(H2,8,9);3-4H,1-2H3,(H,8,9). The van der Waals surface area contributed by atoms with Crippen molar-refractivity contribution in [1.82, 2.24) is 9.97 Å². The highest BCUT2D eigenvalue weighted by Gasteiger charge is 1.89. The third kappa shape index (κ3) is 4.82. The molecule has 4 heteroatoms. The lowest BCUT2D eigenvalue weighted by Gasteiger charge is -1.96. The summed E-state index contributed by atoms with van der Waals surface area (Å²) in [5.41, 5.74) is 9.50. The maximum atomic E-state index is 10.7. The van der Waals surface area contributed by atoms with Crippen LogP contribution in [0.5, 0.6) is 0 Å². The fourth-order valence-electron chi connectivity index (χ4n) is 1.73. The summed E-state index contributed by atoms with van der Waals surface area (Å²) in [6, 6.07) is 7.36. The van der Waals surface area contributed by atoms with Gasteiger partial charge in [-0.15, -0.1) is 0 Å². The Morgan fingerprint density at radius 2 is 1.61 bits per heavy atom. The highest BCUT2D eigenvalue weighted by atomic mass is 16.1. The van der Waals surface area contributed by atoms with Crippen LogP contribution in [0.3, 0.4) is 0 Å². The van der Waals surface area contributed by atoms with E-state index in [1.165, 1.54) is 5.56 Å². The molecule has 0 saturated carbocycles. The smallest absolute Gasteiger partial charge is 0.248 e. The molecule has 0 fully saturated rings. The summed E-state index contributed by atoms with van der Waals surface area (Å²) in [7, 11) is 0. The normalized spacial score (nSPS) is 9.56. The molecule has 0 aliphatic rings. The monoisotopic (exact) mass is 245 g/mol. The van der Waals surface area contributed by atoms with Crippen molar-refractivity contribution in [3.05, 3.63) is 57.1 Å². The van der Waals surface area contributed by atoms with Crippen LogP contribution in [0.15, 0.2) is 29.1 Å². The fraction of sp³-hybridized carbons (Fsp3) is 0.286. The van der Waals surface area contributed by atoms with Crippen LogP contribution in [-0.2, 0) is 0 Å². The average molecular weight is 245 g/mol. The molecule has 0 amide bonds. The van der Waals surface area contributed by atoms with Gasteiger partial charge in [0.05, 0.1) is 0 Å². The van der Waals surface area contributed by atoms with Gasteiger partial charge in [0.2, 0.25) is 5.56 Å². The number of nitrogens with zero attached hydrogens (tertiary/aromatic N) is 1. The second kappa shape index (κ2) is 6.00. The van der Waals surface area contributed by atoms with Crippen LogP contribution < -0.4 is 11.3 Å². The third-order valence-electron chi connectivity index (χ3n) is 2.24. The molecule has 2 aromatic heterocycles. The number of hydrogen-bond acceptors (Lipinski definition) is 3. The van der Waals surface area contributed by atoms with E-state index in [0.717, 1.165) is 17.0 Å². The summed E-state index contributed by atoms with van der Waals surface area (Å²) in [4.78, 5) is 17.3. The van der Waals surface area contributed by atoms with E-state index in [4.69, 9.17) is 5.73 Å². The number of rotatable bonds is 0. The Kier molecular flexibility index (Phi) is 4.66. The molecule has 0 bridgehead atoms. The lowest BCUT2D eigenvalue weighted by atomic mass is 10.2. The lowest BCUT2D eigenvalue weighted by Crippen LogP contribution is -2.05. The Hall–Kier alpha value is -2.10. The van der Waals surface area contributed by atoms with Crippen molar-refractivity contribution in [2.45, 2.75) is 27.7 Å². The van der Waals surface area contributed by atoms with Crippen LogP contribution in [-0.4, -0.2) is 9.97 Å². The van der Waals surface area contributed by atoms with Crippen LogP contribution in [0.4, 0.5) is 5.82 Å². The van der Waals surface area contributed by atoms with Crippen molar-refractivity contribution in [1.29, 1.82) is 0 Å².